The topological polar surface area (TPSA) is 168 Å². The van der Waals surface area contributed by atoms with Crippen LogP contribution in [0.15, 0.2) is 57.3 Å². The molecule has 8 N–H and O–H groups in total. The molecule has 1 aromatic heterocycles. The second kappa shape index (κ2) is 12.2. The van der Waals surface area contributed by atoms with Crippen LogP contribution in [0.1, 0.15) is 56.2 Å². The minimum atomic E-state index is -0.790. The van der Waals surface area contributed by atoms with Gasteiger partial charge in [0.15, 0.2) is 11.6 Å². The first-order valence-electron chi connectivity index (χ1n) is 12.2. The molecule has 10 heteroatoms. The summed E-state index contributed by atoms with van der Waals surface area (Å²) in [6.07, 6.45) is 6.14. The maximum absolute atomic E-state index is 14.1. The number of carbonyl (C=O) groups excluding carboxylic acids is 1. The predicted octanol–water partition coefficient (Wildman–Crippen LogP) is 3.22. The van der Waals surface area contributed by atoms with Crippen LogP contribution < -0.4 is 27.7 Å². The van der Waals surface area contributed by atoms with E-state index >= 15 is 0 Å². The maximum atomic E-state index is 14.1. The molecule has 1 saturated carbocycles. The lowest BCUT2D eigenvalue weighted by atomic mass is 9.89. The van der Waals surface area contributed by atoms with Crippen molar-refractivity contribution >= 4 is 29.3 Å². The molecule has 1 aliphatic carbocycles. The number of aromatic nitrogens is 1. The largest absolute Gasteiger partial charge is 0.485 e. The lowest BCUT2D eigenvalue weighted by Crippen LogP contribution is -2.27. The van der Waals surface area contributed by atoms with Crippen molar-refractivity contribution in [1.29, 1.82) is 0 Å². The number of aliphatic imine (C=N–C) groups is 2. The Hall–Kier alpha value is -4.21. The summed E-state index contributed by atoms with van der Waals surface area (Å²) < 4.78 is 20.1. The molecular weight excluding hydrogens is 473 g/mol. The molecule has 1 aliphatic heterocycles. The molecule has 1 aromatic carbocycles. The Balaban J connectivity index is 0.00000186. The van der Waals surface area contributed by atoms with Gasteiger partial charge < -0.3 is 27.7 Å². The van der Waals surface area contributed by atoms with Crippen LogP contribution in [0.5, 0.6) is 5.75 Å². The van der Waals surface area contributed by atoms with Crippen molar-refractivity contribution in [2.45, 2.75) is 52.2 Å². The Morgan fingerprint density at radius 3 is 2.54 bits per heavy atom. The van der Waals surface area contributed by atoms with E-state index < -0.39 is 11.7 Å². The number of hydrogen-bond donors (Lipinski definition) is 4. The molecular formula is C27H34FN7O2. The minimum absolute atomic E-state index is 0.000890. The summed E-state index contributed by atoms with van der Waals surface area (Å²) in [6.45, 7) is 4.00. The standard InChI is InChI=1S/C25H28FN7O2.C2H6/c1-31-10-13-8-19(22(28)25(30)34)23(33-17-3-2-4-17)14-9-20(24(29)32-11-14)35-12-15-7-16(26)5-6-18(15)21(13)27;1-2/h5-7,9-11,17H,2-4,8,12,27-28H2,1H3,(H2,29,32)(H2,30,34);1-2H3/b21-13-,22-19-,31-10?,33-23?;. The molecule has 2 heterocycles. The minimum Gasteiger partial charge on any atom is -0.485 e. The molecule has 2 bridgehead atoms. The van der Waals surface area contributed by atoms with Crippen LogP contribution in [0.4, 0.5) is 10.2 Å². The third-order valence-corrected chi connectivity index (χ3v) is 6.16. The molecule has 2 aromatic rings. The van der Waals surface area contributed by atoms with Gasteiger partial charge in [-0.15, -0.1) is 0 Å². The first kappa shape index (κ1) is 27.4. The maximum Gasteiger partial charge on any atom is 0.264 e. The van der Waals surface area contributed by atoms with Crippen LogP contribution in [0.3, 0.4) is 0 Å². The molecule has 0 radical (unpaired) electrons. The van der Waals surface area contributed by atoms with Gasteiger partial charge in [0.05, 0.1) is 11.8 Å². The van der Waals surface area contributed by atoms with E-state index in [2.05, 4.69) is 9.98 Å². The van der Waals surface area contributed by atoms with Gasteiger partial charge in [0.1, 0.15) is 18.1 Å². The lowest BCUT2D eigenvalue weighted by Gasteiger charge is -2.25. The molecule has 37 heavy (non-hydrogen) atoms. The Morgan fingerprint density at radius 2 is 1.92 bits per heavy atom. The summed E-state index contributed by atoms with van der Waals surface area (Å²) in [4.78, 5) is 25.6. The number of carbonyl (C=O) groups is 1. The van der Waals surface area contributed by atoms with Gasteiger partial charge in [-0.25, -0.2) is 9.37 Å². The molecule has 0 saturated heterocycles. The normalized spacial score (nSPS) is 20.5. The van der Waals surface area contributed by atoms with Gasteiger partial charge in [0, 0.05) is 53.8 Å². The van der Waals surface area contributed by atoms with Gasteiger partial charge >= 0.3 is 0 Å². The van der Waals surface area contributed by atoms with E-state index in [9.17, 15) is 9.18 Å². The Morgan fingerprint density at radius 1 is 1.19 bits per heavy atom. The number of hydrogen-bond acceptors (Lipinski definition) is 8. The fourth-order valence-corrected chi connectivity index (χ4v) is 4.01. The van der Waals surface area contributed by atoms with Crippen molar-refractivity contribution < 1.29 is 13.9 Å². The Labute approximate surface area is 216 Å². The predicted molar refractivity (Wildman–Crippen MR) is 145 cm³/mol. The van der Waals surface area contributed by atoms with Crippen LogP contribution in [-0.2, 0) is 11.4 Å². The van der Waals surface area contributed by atoms with Gasteiger partial charge in [-0.2, -0.15) is 0 Å². The summed E-state index contributed by atoms with van der Waals surface area (Å²) in [5.41, 5.74) is 27.7. The van der Waals surface area contributed by atoms with E-state index in [0.29, 0.717) is 39.2 Å². The lowest BCUT2D eigenvalue weighted by molar-refractivity contribution is -0.114. The first-order chi connectivity index (χ1) is 17.8. The van der Waals surface area contributed by atoms with E-state index in [0.717, 1.165) is 19.3 Å². The summed E-state index contributed by atoms with van der Waals surface area (Å²) in [6, 6.07) is 5.99. The molecule has 1 fully saturated rings. The highest BCUT2D eigenvalue weighted by Crippen LogP contribution is 2.32. The third kappa shape index (κ3) is 6.14. The molecule has 0 spiro atoms. The summed E-state index contributed by atoms with van der Waals surface area (Å²) in [5, 5.41) is 0. The van der Waals surface area contributed by atoms with Crippen LogP contribution >= 0.6 is 0 Å². The number of amides is 1. The molecule has 1 amide bonds. The van der Waals surface area contributed by atoms with Crippen molar-refractivity contribution in [1.82, 2.24) is 4.98 Å². The molecule has 2 aliphatic rings. The zero-order valence-corrected chi connectivity index (χ0v) is 21.4. The highest BCUT2D eigenvalue weighted by atomic mass is 19.1. The number of nitrogens with two attached hydrogens (primary N) is 4. The van der Waals surface area contributed by atoms with Crippen LogP contribution in [0, 0.1) is 5.82 Å². The molecule has 196 valence electrons. The number of ether oxygens (including phenoxy) is 1. The van der Waals surface area contributed by atoms with Gasteiger partial charge in [-0.05, 0) is 49.1 Å². The quantitative estimate of drug-likeness (QED) is 0.367. The smallest absolute Gasteiger partial charge is 0.264 e. The molecule has 4 rings (SSSR count). The number of primary amides is 1. The fourth-order valence-electron chi connectivity index (χ4n) is 4.01. The van der Waals surface area contributed by atoms with Crippen molar-refractivity contribution in [2.24, 2.45) is 27.2 Å². The first-order valence-corrected chi connectivity index (χ1v) is 12.2. The summed E-state index contributed by atoms with van der Waals surface area (Å²) >= 11 is 0. The summed E-state index contributed by atoms with van der Waals surface area (Å²) in [7, 11) is 1.60. The summed E-state index contributed by atoms with van der Waals surface area (Å²) in [5.74, 6) is -0.787. The van der Waals surface area contributed by atoms with Crippen LogP contribution in [0.25, 0.3) is 5.70 Å². The Kier molecular flexibility index (Phi) is 9.00. The zero-order chi connectivity index (χ0) is 27.1. The number of rotatable bonds is 3. The number of allylic oxidation sites excluding steroid dienone is 2. The number of fused-ring (bicyclic) bond motifs is 3. The molecule has 9 nitrogen and oxygen atoms in total. The number of halogens is 1. The second-order valence-electron chi connectivity index (χ2n) is 8.52. The number of pyridine rings is 1. The van der Waals surface area contributed by atoms with Gasteiger partial charge in [-0.1, -0.05) is 13.8 Å². The van der Waals surface area contributed by atoms with E-state index in [4.69, 9.17) is 32.7 Å². The van der Waals surface area contributed by atoms with E-state index in [1.165, 1.54) is 12.1 Å². The fraction of sp³-hybridized carbons (Fsp3) is 0.333. The van der Waals surface area contributed by atoms with E-state index in [1.807, 2.05) is 13.8 Å². The number of anilines is 1. The number of nitrogen functional groups attached to an aromatic ring is 1. The van der Waals surface area contributed by atoms with Crippen LogP contribution in [0.2, 0.25) is 0 Å². The SMILES string of the molecule is CC.CN=C/C1=C(\N)c2ccc(F)cc2COc2cc(cnc2N)C(=NC2CCC2)/C(=C(\N)C(N)=O)C1. The van der Waals surface area contributed by atoms with Gasteiger partial charge in [0.2, 0.25) is 0 Å². The average molecular weight is 508 g/mol. The van der Waals surface area contributed by atoms with Crippen LogP contribution in [-0.4, -0.2) is 35.9 Å². The number of nitrogens with zero attached hydrogens (tertiary/aromatic N) is 3. The monoisotopic (exact) mass is 507 g/mol. The highest BCUT2D eigenvalue weighted by molar-refractivity contribution is 6.17. The zero-order valence-electron chi connectivity index (χ0n) is 21.4. The van der Waals surface area contributed by atoms with Gasteiger partial charge in [0.25, 0.3) is 5.91 Å². The van der Waals surface area contributed by atoms with E-state index in [-0.39, 0.29) is 36.3 Å². The van der Waals surface area contributed by atoms with Crippen molar-refractivity contribution in [3.05, 3.63) is 69.8 Å². The second-order valence-corrected chi connectivity index (χ2v) is 8.52. The highest BCUT2D eigenvalue weighted by Gasteiger charge is 2.25. The van der Waals surface area contributed by atoms with E-state index in [1.54, 1.807) is 31.6 Å². The third-order valence-electron chi connectivity index (χ3n) is 6.16. The van der Waals surface area contributed by atoms with Crippen molar-refractivity contribution in [2.75, 3.05) is 12.8 Å². The van der Waals surface area contributed by atoms with Crippen molar-refractivity contribution in [3.63, 3.8) is 0 Å². The molecule has 0 unspecified atom stereocenters. The van der Waals surface area contributed by atoms with Crippen molar-refractivity contribution in [3.8, 4) is 5.75 Å². The Bertz CT molecular complexity index is 1290. The molecule has 0 atom stereocenters. The number of benzene rings is 1. The van der Waals surface area contributed by atoms with Gasteiger partial charge in [-0.3, -0.25) is 14.8 Å². The average Bonchev–Trinajstić information content (AvgIpc) is 2.86.